The number of aliphatic hydroxyl groups is 2. The van der Waals surface area contributed by atoms with Crippen molar-refractivity contribution in [2.75, 3.05) is 0 Å². The predicted octanol–water partition coefficient (Wildman–Crippen LogP) is 4.29. The lowest BCUT2D eigenvalue weighted by atomic mass is 9.92. The smallest absolute Gasteiger partial charge is 0.310 e. The maximum absolute atomic E-state index is 12.0. The van der Waals surface area contributed by atoms with Gasteiger partial charge in [0, 0.05) is 18.8 Å². The molecule has 3 atom stereocenters. The maximum atomic E-state index is 12.0. The summed E-state index contributed by atoms with van der Waals surface area (Å²) in [5.41, 5.74) is 0.152. The molecule has 3 rings (SSSR count). The van der Waals surface area contributed by atoms with Crippen LogP contribution in [0.1, 0.15) is 58.8 Å². The van der Waals surface area contributed by atoms with Crippen LogP contribution in [0.15, 0.2) is 53.8 Å². The van der Waals surface area contributed by atoms with Crippen LogP contribution in [0.25, 0.3) is 0 Å². The number of hydrogen-bond acceptors (Lipinski definition) is 5. The number of carbonyl (C=O) groups excluding carboxylic acids is 1. The minimum atomic E-state index is -0.860. The summed E-state index contributed by atoms with van der Waals surface area (Å²) in [6.45, 7) is 3.66. The highest BCUT2D eigenvalue weighted by atomic mass is 16.5. The van der Waals surface area contributed by atoms with Gasteiger partial charge in [-0.3, -0.25) is 4.79 Å². The highest BCUT2D eigenvalue weighted by Crippen LogP contribution is 2.38. The Balaban J connectivity index is 1.72. The fourth-order valence-corrected chi connectivity index (χ4v) is 3.96. The Labute approximate surface area is 173 Å². The average molecular weight is 401 g/mol. The van der Waals surface area contributed by atoms with Crippen LogP contribution in [-0.4, -0.2) is 34.0 Å². The summed E-state index contributed by atoms with van der Waals surface area (Å²) in [6.07, 6.45) is 7.55. The topological polar surface area (TPSA) is 76.0 Å². The molecular formula is C24H32O5. The minimum Gasteiger partial charge on any atom is -0.485 e. The Morgan fingerprint density at radius 3 is 2.55 bits per heavy atom. The van der Waals surface area contributed by atoms with E-state index in [9.17, 15) is 15.0 Å². The first kappa shape index (κ1) is 21.6. The average Bonchev–Trinajstić information content (AvgIpc) is 2.97. The third kappa shape index (κ3) is 5.71. The van der Waals surface area contributed by atoms with Crippen LogP contribution >= 0.6 is 0 Å². The number of ether oxygens (including phenoxy) is 2. The molecule has 0 radical (unpaired) electrons. The van der Waals surface area contributed by atoms with Crippen molar-refractivity contribution in [1.82, 2.24) is 0 Å². The lowest BCUT2D eigenvalue weighted by Crippen LogP contribution is -2.40. The zero-order valence-corrected chi connectivity index (χ0v) is 17.3. The van der Waals surface area contributed by atoms with Gasteiger partial charge in [0.1, 0.15) is 23.2 Å². The number of esters is 1. The van der Waals surface area contributed by atoms with E-state index in [4.69, 9.17) is 9.47 Å². The molecule has 0 amide bonds. The Bertz CT molecular complexity index is 750. The normalized spacial score (nSPS) is 24.9. The highest BCUT2D eigenvalue weighted by molar-refractivity contribution is 5.70. The molecule has 29 heavy (non-hydrogen) atoms. The molecule has 0 saturated carbocycles. The van der Waals surface area contributed by atoms with Crippen molar-refractivity contribution in [2.24, 2.45) is 5.92 Å². The van der Waals surface area contributed by atoms with E-state index in [2.05, 4.69) is 0 Å². The van der Waals surface area contributed by atoms with Crippen LogP contribution < -0.4 is 4.74 Å². The molecule has 1 aliphatic heterocycles. The minimum absolute atomic E-state index is 0.214. The van der Waals surface area contributed by atoms with Crippen molar-refractivity contribution in [3.05, 3.63) is 53.8 Å². The van der Waals surface area contributed by atoms with Crippen molar-refractivity contribution in [1.29, 1.82) is 0 Å². The summed E-state index contributed by atoms with van der Waals surface area (Å²) in [4.78, 5) is 12.0. The molecule has 1 heterocycles. The SMILES string of the molecule is CC(C)(Oc1ccccc1)[C@@H](O)/C=C/[C@@H]1C2=C(C[C@H]1O)OC(=O)CCCCCC2. The molecule has 158 valence electrons. The van der Waals surface area contributed by atoms with Gasteiger partial charge in [-0.05, 0) is 50.8 Å². The van der Waals surface area contributed by atoms with Crippen LogP contribution in [0.2, 0.25) is 0 Å². The maximum Gasteiger partial charge on any atom is 0.310 e. The van der Waals surface area contributed by atoms with E-state index in [1.165, 1.54) is 0 Å². The van der Waals surface area contributed by atoms with Crippen molar-refractivity contribution in [2.45, 2.75) is 76.6 Å². The molecule has 0 saturated heterocycles. The molecule has 5 nitrogen and oxygen atoms in total. The van der Waals surface area contributed by atoms with E-state index >= 15 is 0 Å². The quantitative estimate of drug-likeness (QED) is 0.569. The lowest BCUT2D eigenvalue weighted by Gasteiger charge is -2.30. The fraction of sp³-hybridized carbons (Fsp3) is 0.542. The number of para-hydroxylation sites is 1. The molecular weight excluding hydrogens is 368 g/mol. The summed E-state index contributed by atoms with van der Waals surface area (Å²) in [5.74, 6) is 0.844. The second-order valence-corrected chi connectivity index (χ2v) is 8.48. The zero-order chi connectivity index (χ0) is 20.9. The molecule has 5 heteroatoms. The van der Waals surface area contributed by atoms with Crippen molar-refractivity contribution in [3.8, 4) is 5.75 Å². The Morgan fingerprint density at radius 2 is 1.83 bits per heavy atom. The first-order chi connectivity index (χ1) is 13.9. The summed E-state index contributed by atoms with van der Waals surface area (Å²) >= 11 is 0. The van der Waals surface area contributed by atoms with Gasteiger partial charge in [-0.2, -0.15) is 0 Å². The van der Waals surface area contributed by atoms with E-state index in [1.807, 2.05) is 50.3 Å². The van der Waals surface area contributed by atoms with Gasteiger partial charge in [0.2, 0.25) is 0 Å². The van der Waals surface area contributed by atoms with Gasteiger partial charge in [0.05, 0.1) is 6.10 Å². The Hall–Kier alpha value is -2.11. The standard InChI is InChI=1S/C24H32O5/c1-24(2,29-17-10-6-5-7-11-17)22(26)15-14-18-19-12-8-3-4-9-13-23(27)28-21(19)16-20(18)25/h5-7,10-11,14-15,18,20,22,25-26H,3-4,8-9,12-13,16H2,1-2H3/b15-14+/t18-,20-,22+/m1/s1. The Kier molecular flexibility index (Phi) is 7.14. The molecule has 0 bridgehead atoms. The van der Waals surface area contributed by atoms with Crippen molar-refractivity contribution >= 4 is 5.97 Å². The molecule has 1 aromatic carbocycles. The summed E-state index contributed by atoms with van der Waals surface area (Å²) in [5, 5.41) is 21.3. The molecule has 1 aromatic rings. The number of hydrogen-bond donors (Lipinski definition) is 2. The van der Waals surface area contributed by atoms with Gasteiger partial charge in [0.25, 0.3) is 0 Å². The van der Waals surface area contributed by atoms with Gasteiger partial charge in [-0.15, -0.1) is 0 Å². The molecule has 0 unspecified atom stereocenters. The van der Waals surface area contributed by atoms with Gasteiger partial charge < -0.3 is 19.7 Å². The number of carbonyl (C=O) groups is 1. The molecule has 2 aliphatic rings. The van der Waals surface area contributed by atoms with Crippen LogP contribution in [0, 0.1) is 5.92 Å². The Morgan fingerprint density at radius 1 is 1.14 bits per heavy atom. The molecule has 0 spiro atoms. The molecule has 1 aliphatic carbocycles. The van der Waals surface area contributed by atoms with Gasteiger partial charge in [0.15, 0.2) is 0 Å². The van der Waals surface area contributed by atoms with Crippen LogP contribution in [-0.2, 0) is 9.53 Å². The number of aliphatic hydroxyl groups excluding tert-OH is 2. The van der Waals surface area contributed by atoms with Crippen LogP contribution in [0.3, 0.4) is 0 Å². The largest absolute Gasteiger partial charge is 0.485 e. The zero-order valence-electron chi connectivity index (χ0n) is 17.3. The lowest BCUT2D eigenvalue weighted by molar-refractivity contribution is -0.140. The summed E-state index contributed by atoms with van der Waals surface area (Å²) in [6, 6.07) is 9.39. The molecule has 0 aromatic heterocycles. The first-order valence-corrected chi connectivity index (χ1v) is 10.6. The van der Waals surface area contributed by atoms with E-state index in [1.54, 1.807) is 6.08 Å². The molecule has 2 N–H and O–H groups in total. The van der Waals surface area contributed by atoms with E-state index in [0.717, 1.165) is 37.7 Å². The fourth-order valence-electron chi connectivity index (χ4n) is 3.96. The van der Waals surface area contributed by atoms with Crippen LogP contribution in [0.5, 0.6) is 5.75 Å². The van der Waals surface area contributed by atoms with Gasteiger partial charge in [-0.25, -0.2) is 0 Å². The second kappa shape index (κ2) is 9.59. The van der Waals surface area contributed by atoms with E-state index in [-0.39, 0.29) is 11.9 Å². The van der Waals surface area contributed by atoms with Gasteiger partial charge >= 0.3 is 5.97 Å². The predicted molar refractivity (Wildman–Crippen MR) is 111 cm³/mol. The van der Waals surface area contributed by atoms with Gasteiger partial charge in [-0.1, -0.05) is 43.2 Å². The van der Waals surface area contributed by atoms with E-state index in [0.29, 0.717) is 24.4 Å². The van der Waals surface area contributed by atoms with E-state index < -0.39 is 17.8 Å². The summed E-state index contributed by atoms with van der Waals surface area (Å²) in [7, 11) is 0. The van der Waals surface area contributed by atoms with Crippen molar-refractivity contribution in [3.63, 3.8) is 0 Å². The number of rotatable bonds is 5. The third-order valence-corrected chi connectivity index (χ3v) is 5.72. The first-order valence-electron chi connectivity index (χ1n) is 10.6. The van der Waals surface area contributed by atoms with Crippen LogP contribution in [0.4, 0.5) is 0 Å². The third-order valence-electron chi connectivity index (χ3n) is 5.72. The van der Waals surface area contributed by atoms with Crippen molar-refractivity contribution < 1.29 is 24.5 Å². The summed E-state index contributed by atoms with van der Waals surface area (Å²) < 4.78 is 11.5. The molecule has 0 fully saturated rings. The monoisotopic (exact) mass is 400 g/mol. The number of benzene rings is 1. The highest BCUT2D eigenvalue weighted by Gasteiger charge is 2.35. The second-order valence-electron chi connectivity index (χ2n) is 8.48.